The largest absolute Gasteiger partial charge is 0.484 e. The normalized spacial score (nSPS) is 25.9. The Morgan fingerprint density at radius 3 is 2.68 bits per heavy atom. The smallest absolute Gasteiger partial charge is 0.310 e. The number of aliphatic hydroxyl groups is 1. The molecule has 1 saturated heterocycles. The van der Waals surface area contributed by atoms with Crippen molar-refractivity contribution in [2.24, 2.45) is 11.8 Å². The minimum Gasteiger partial charge on any atom is -0.484 e. The lowest BCUT2D eigenvalue weighted by Gasteiger charge is -2.20. The third-order valence-electron chi connectivity index (χ3n) is 4.76. The molecule has 0 amide bonds. The first-order chi connectivity index (χ1) is 10.6. The predicted molar refractivity (Wildman–Crippen MR) is 81.9 cm³/mol. The first kappa shape index (κ1) is 15.2. The van der Waals surface area contributed by atoms with E-state index in [1.165, 1.54) is 25.3 Å². The predicted octanol–water partition coefficient (Wildman–Crippen LogP) is 2.07. The van der Waals surface area contributed by atoms with Crippen molar-refractivity contribution < 1.29 is 14.8 Å². The number of ether oxygens (including phenoxy) is 1. The summed E-state index contributed by atoms with van der Waals surface area (Å²) in [4.78, 5) is 12.7. The number of nitro groups is 1. The van der Waals surface area contributed by atoms with E-state index in [0.717, 1.165) is 24.9 Å². The Labute approximate surface area is 129 Å². The van der Waals surface area contributed by atoms with Crippen LogP contribution in [0.1, 0.15) is 19.3 Å². The molecule has 2 fully saturated rings. The van der Waals surface area contributed by atoms with Crippen LogP contribution < -0.4 is 4.74 Å². The van der Waals surface area contributed by atoms with Gasteiger partial charge >= 0.3 is 5.69 Å². The van der Waals surface area contributed by atoms with E-state index >= 15 is 0 Å². The van der Waals surface area contributed by atoms with E-state index in [4.69, 9.17) is 4.74 Å². The second-order valence-corrected chi connectivity index (χ2v) is 6.36. The molecule has 1 saturated carbocycles. The average molecular weight is 306 g/mol. The number of nitrogens with zero attached hydrogens (tertiary/aromatic N) is 2. The van der Waals surface area contributed by atoms with Crippen LogP contribution in [0.2, 0.25) is 0 Å². The first-order valence-corrected chi connectivity index (χ1v) is 7.90. The number of β-amino-alcohol motifs (C(OH)–C–C–N with tert-alkyl or cyclic N) is 1. The highest BCUT2D eigenvalue weighted by atomic mass is 16.6. The standard InChI is InChI=1S/C16H22N2O4/c19-14(10-17-8-12-4-3-5-13(12)9-17)11-22-16-7-2-1-6-15(16)18(20)21/h1-2,6-7,12-14,19H,3-5,8-11H2. The highest BCUT2D eigenvalue weighted by molar-refractivity contribution is 5.45. The maximum absolute atomic E-state index is 10.9. The minimum absolute atomic E-state index is 0.0644. The summed E-state index contributed by atoms with van der Waals surface area (Å²) in [5.74, 6) is 1.80. The van der Waals surface area contributed by atoms with E-state index in [1.54, 1.807) is 18.2 Å². The third-order valence-corrected chi connectivity index (χ3v) is 4.76. The first-order valence-electron chi connectivity index (χ1n) is 7.90. The maximum atomic E-state index is 10.9. The molecule has 6 heteroatoms. The number of nitro benzene ring substituents is 1. The molecule has 1 heterocycles. The molecule has 3 unspecified atom stereocenters. The molecule has 0 spiro atoms. The summed E-state index contributed by atoms with van der Waals surface area (Å²) in [6.07, 6.45) is 3.33. The van der Waals surface area contributed by atoms with E-state index < -0.39 is 11.0 Å². The zero-order chi connectivity index (χ0) is 15.5. The summed E-state index contributed by atoms with van der Waals surface area (Å²) in [6, 6.07) is 6.26. The van der Waals surface area contributed by atoms with Crippen LogP contribution in [0.4, 0.5) is 5.69 Å². The van der Waals surface area contributed by atoms with Crippen LogP contribution >= 0.6 is 0 Å². The topological polar surface area (TPSA) is 75.8 Å². The van der Waals surface area contributed by atoms with Gasteiger partial charge in [-0.2, -0.15) is 0 Å². The third kappa shape index (κ3) is 3.39. The maximum Gasteiger partial charge on any atom is 0.310 e. The van der Waals surface area contributed by atoms with Crippen molar-refractivity contribution in [3.8, 4) is 5.75 Å². The van der Waals surface area contributed by atoms with Gasteiger partial charge in [0.15, 0.2) is 5.75 Å². The molecule has 1 aromatic rings. The lowest BCUT2D eigenvalue weighted by molar-refractivity contribution is -0.385. The molecule has 0 bridgehead atoms. The monoisotopic (exact) mass is 306 g/mol. The van der Waals surface area contributed by atoms with Gasteiger partial charge in [0.2, 0.25) is 0 Å². The van der Waals surface area contributed by atoms with Gasteiger partial charge in [0.1, 0.15) is 12.7 Å². The van der Waals surface area contributed by atoms with Gasteiger partial charge in [-0.05, 0) is 30.7 Å². The van der Waals surface area contributed by atoms with Crippen molar-refractivity contribution in [3.63, 3.8) is 0 Å². The van der Waals surface area contributed by atoms with Crippen LogP contribution in [0.5, 0.6) is 5.75 Å². The van der Waals surface area contributed by atoms with Crippen LogP contribution in [-0.4, -0.2) is 47.3 Å². The summed E-state index contributed by atoms with van der Waals surface area (Å²) < 4.78 is 5.45. The van der Waals surface area contributed by atoms with Crippen LogP contribution in [0, 0.1) is 22.0 Å². The molecule has 0 aromatic heterocycles. The molecule has 6 nitrogen and oxygen atoms in total. The van der Waals surface area contributed by atoms with Crippen LogP contribution in [0.25, 0.3) is 0 Å². The van der Waals surface area contributed by atoms with Gasteiger partial charge in [-0.25, -0.2) is 0 Å². The van der Waals surface area contributed by atoms with Crippen molar-refractivity contribution in [3.05, 3.63) is 34.4 Å². The molecule has 3 rings (SSSR count). The summed E-state index contributed by atoms with van der Waals surface area (Å²) in [7, 11) is 0. The average Bonchev–Trinajstić information content (AvgIpc) is 3.06. The fourth-order valence-corrected chi connectivity index (χ4v) is 3.75. The molecular formula is C16H22N2O4. The Hall–Kier alpha value is -1.66. The lowest BCUT2D eigenvalue weighted by atomic mass is 10.0. The van der Waals surface area contributed by atoms with Crippen molar-refractivity contribution in [2.75, 3.05) is 26.2 Å². The Balaban J connectivity index is 1.49. The fraction of sp³-hybridized carbons (Fsp3) is 0.625. The Kier molecular flexibility index (Phi) is 4.59. The summed E-state index contributed by atoms with van der Waals surface area (Å²) in [5.41, 5.74) is -0.0644. The van der Waals surface area contributed by atoms with Gasteiger partial charge < -0.3 is 14.7 Å². The number of aliphatic hydroxyl groups excluding tert-OH is 1. The number of hydrogen-bond acceptors (Lipinski definition) is 5. The SMILES string of the molecule is O=[N+]([O-])c1ccccc1OCC(O)CN1CC2CCCC2C1. The van der Waals surface area contributed by atoms with E-state index in [2.05, 4.69) is 4.90 Å². The van der Waals surface area contributed by atoms with E-state index in [9.17, 15) is 15.2 Å². The number of fused-ring (bicyclic) bond motifs is 1. The van der Waals surface area contributed by atoms with E-state index in [1.807, 2.05) is 0 Å². The van der Waals surface area contributed by atoms with Crippen molar-refractivity contribution in [1.29, 1.82) is 0 Å². The lowest BCUT2D eigenvalue weighted by Crippen LogP contribution is -2.34. The van der Waals surface area contributed by atoms with E-state index in [-0.39, 0.29) is 18.0 Å². The van der Waals surface area contributed by atoms with Crippen LogP contribution in [0.15, 0.2) is 24.3 Å². The van der Waals surface area contributed by atoms with Crippen molar-refractivity contribution in [2.45, 2.75) is 25.4 Å². The Bertz CT molecular complexity index is 525. The molecule has 1 aliphatic heterocycles. The van der Waals surface area contributed by atoms with E-state index in [0.29, 0.717) is 6.54 Å². The quantitative estimate of drug-likeness (QED) is 0.643. The second kappa shape index (κ2) is 6.62. The highest BCUT2D eigenvalue weighted by Crippen LogP contribution is 2.37. The molecule has 3 atom stereocenters. The molecule has 1 aliphatic carbocycles. The van der Waals surface area contributed by atoms with Crippen LogP contribution in [-0.2, 0) is 0 Å². The van der Waals surface area contributed by atoms with Crippen LogP contribution in [0.3, 0.4) is 0 Å². The van der Waals surface area contributed by atoms with Gasteiger partial charge in [-0.15, -0.1) is 0 Å². The molecule has 22 heavy (non-hydrogen) atoms. The van der Waals surface area contributed by atoms with Crippen molar-refractivity contribution >= 4 is 5.69 Å². The highest BCUT2D eigenvalue weighted by Gasteiger charge is 2.36. The minimum atomic E-state index is -0.626. The Morgan fingerprint density at radius 1 is 1.32 bits per heavy atom. The van der Waals surface area contributed by atoms with Gasteiger partial charge in [-0.1, -0.05) is 18.6 Å². The zero-order valence-electron chi connectivity index (χ0n) is 12.6. The Morgan fingerprint density at radius 2 is 2.00 bits per heavy atom. The summed E-state index contributed by atoms with van der Waals surface area (Å²) in [6.45, 7) is 2.78. The number of para-hydroxylation sites is 2. The molecule has 0 radical (unpaired) electrons. The fourth-order valence-electron chi connectivity index (χ4n) is 3.75. The molecular weight excluding hydrogens is 284 g/mol. The summed E-state index contributed by atoms with van der Waals surface area (Å²) in [5, 5.41) is 21.0. The number of benzene rings is 1. The molecule has 120 valence electrons. The molecule has 1 N–H and O–H groups in total. The molecule has 1 aromatic carbocycles. The number of rotatable bonds is 6. The molecule has 2 aliphatic rings. The summed E-state index contributed by atoms with van der Waals surface area (Å²) >= 11 is 0. The number of likely N-dealkylation sites (tertiary alicyclic amines) is 1. The zero-order valence-corrected chi connectivity index (χ0v) is 12.6. The van der Waals surface area contributed by atoms with Gasteiger partial charge in [-0.3, -0.25) is 10.1 Å². The second-order valence-electron chi connectivity index (χ2n) is 6.36. The number of hydrogen-bond donors (Lipinski definition) is 1. The van der Waals surface area contributed by atoms with Gasteiger partial charge in [0.05, 0.1) is 4.92 Å². The van der Waals surface area contributed by atoms with Gasteiger partial charge in [0.25, 0.3) is 0 Å². The van der Waals surface area contributed by atoms with Crippen molar-refractivity contribution in [1.82, 2.24) is 4.90 Å². The van der Waals surface area contributed by atoms with Gasteiger partial charge in [0, 0.05) is 25.7 Å².